The molecule has 0 bridgehead atoms. The SMILES string of the molecule is CNCC1CCN(S(=O)(=O)c2ccc(CCC(C)C)cc2)CC1. The maximum Gasteiger partial charge on any atom is 0.243 e. The standard InChI is InChI=1S/C18H30N2O2S/c1-15(2)4-5-16-6-8-18(9-7-16)23(21,22)20-12-10-17(11-13-20)14-19-3/h6-9,15,17,19H,4-5,10-14H2,1-3H3. The Kier molecular flexibility index (Phi) is 6.62. The van der Waals surface area contributed by atoms with Crippen molar-refractivity contribution in [1.82, 2.24) is 9.62 Å². The van der Waals surface area contributed by atoms with Gasteiger partial charge in [-0.25, -0.2) is 8.42 Å². The van der Waals surface area contributed by atoms with E-state index in [2.05, 4.69) is 19.2 Å². The average Bonchev–Trinajstić information content (AvgIpc) is 2.54. The minimum absolute atomic E-state index is 0.429. The van der Waals surface area contributed by atoms with E-state index in [9.17, 15) is 8.42 Å². The lowest BCUT2D eigenvalue weighted by Gasteiger charge is -2.31. The van der Waals surface area contributed by atoms with Crippen molar-refractivity contribution < 1.29 is 8.42 Å². The first-order valence-electron chi connectivity index (χ1n) is 8.67. The summed E-state index contributed by atoms with van der Waals surface area (Å²) in [4.78, 5) is 0.429. The van der Waals surface area contributed by atoms with E-state index in [0.29, 0.717) is 29.8 Å². The van der Waals surface area contributed by atoms with Crippen molar-refractivity contribution in [3.8, 4) is 0 Å². The molecule has 1 saturated heterocycles. The van der Waals surface area contributed by atoms with Crippen molar-refractivity contribution in [2.24, 2.45) is 11.8 Å². The van der Waals surface area contributed by atoms with Crippen LogP contribution in [0.25, 0.3) is 0 Å². The van der Waals surface area contributed by atoms with Gasteiger partial charge in [-0.3, -0.25) is 0 Å². The molecule has 1 aliphatic rings. The van der Waals surface area contributed by atoms with Crippen molar-refractivity contribution in [2.45, 2.75) is 44.4 Å². The molecule has 23 heavy (non-hydrogen) atoms. The van der Waals surface area contributed by atoms with Crippen LogP contribution in [0.3, 0.4) is 0 Å². The summed E-state index contributed by atoms with van der Waals surface area (Å²) in [5, 5.41) is 3.18. The monoisotopic (exact) mass is 338 g/mol. The average molecular weight is 339 g/mol. The van der Waals surface area contributed by atoms with Gasteiger partial charge >= 0.3 is 0 Å². The van der Waals surface area contributed by atoms with Crippen LogP contribution in [0.15, 0.2) is 29.2 Å². The zero-order chi connectivity index (χ0) is 16.9. The predicted octanol–water partition coefficient (Wildman–Crippen LogP) is 2.90. The Balaban J connectivity index is 1.99. The third-order valence-electron chi connectivity index (χ3n) is 4.64. The lowest BCUT2D eigenvalue weighted by Crippen LogP contribution is -2.40. The highest BCUT2D eigenvalue weighted by atomic mass is 32.2. The third-order valence-corrected chi connectivity index (χ3v) is 6.55. The van der Waals surface area contributed by atoms with Crippen LogP contribution in [0.2, 0.25) is 0 Å². The lowest BCUT2D eigenvalue weighted by atomic mass is 9.98. The fourth-order valence-corrected chi connectivity index (χ4v) is 4.54. The number of nitrogens with zero attached hydrogens (tertiary/aromatic N) is 1. The normalized spacial score (nSPS) is 17.7. The first-order chi connectivity index (χ1) is 10.9. The quantitative estimate of drug-likeness (QED) is 0.832. The molecule has 2 rings (SSSR count). The van der Waals surface area contributed by atoms with E-state index < -0.39 is 10.0 Å². The van der Waals surface area contributed by atoms with Gasteiger partial charge in [0.25, 0.3) is 0 Å². The Morgan fingerprint density at radius 2 is 1.78 bits per heavy atom. The fourth-order valence-electron chi connectivity index (χ4n) is 3.07. The molecule has 0 saturated carbocycles. The summed E-state index contributed by atoms with van der Waals surface area (Å²) in [6.45, 7) is 6.64. The summed E-state index contributed by atoms with van der Waals surface area (Å²) in [6, 6.07) is 7.46. The number of aryl methyl sites for hydroxylation is 1. The van der Waals surface area contributed by atoms with Crippen molar-refractivity contribution >= 4 is 10.0 Å². The van der Waals surface area contributed by atoms with Crippen LogP contribution in [0.5, 0.6) is 0 Å². The molecule has 5 heteroatoms. The van der Waals surface area contributed by atoms with Gasteiger partial charge in [0, 0.05) is 13.1 Å². The highest BCUT2D eigenvalue weighted by molar-refractivity contribution is 7.89. The van der Waals surface area contributed by atoms with E-state index in [0.717, 1.165) is 32.2 Å². The zero-order valence-electron chi connectivity index (χ0n) is 14.6. The second kappa shape index (κ2) is 8.27. The number of benzene rings is 1. The Labute approximate surface area is 141 Å². The molecule has 4 nitrogen and oxygen atoms in total. The maximum atomic E-state index is 12.7. The molecule has 1 aliphatic heterocycles. The van der Waals surface area contributed by atoms with Gasteiger partial charge in [-0.2, -0.15) is 4.31 Å². The van der Waals surface area contributed by atoms with Gasteiger partial charge < -0.3 is 5.32 Å². The Morgan fingerprint density at radius 3 is 2.30 bits per heavy atom. The van der Waals surface area contributed by atoms with E-state index >= 15 is 0 Å². The molecule has 0 amide bonds. The Bertz CT molecular complexity index is 574. The molecule has 0 radical (unpaired) electrons. The molecule has 0 spiro atoms. The van der Waals surface area contributed by atoms with Crippen LogP contribution in [0, 0.1) is 11.8 Å². The van der Waals surface area contributed by atoms with Gasteiger partial charge in [-0.15, -0.1) is 0 Å². The van der Waals surface area contributed by atoms with E-state index in [4.69, 9.17) is 0 Å². The molecule has 0 aliphatic carbocycles. The predicted molar refractivity (Wildman–Crippen MR) is 95.0 cm³/mol. The number of piperidine rings is 1. The molecule has 0 aromatic heterocycles. The van der Waals surface area contributed by atoms with Crippen molar-refractivity contribution in [3.05, 3.63) is 29.8 Å². The molecular formula is C18H30N2O2S. The van der Waals surface area contributed by atoms with Crippen LogP contribution in [0.4, 0.5) is 0 Å². The summed E-state index contributed by atoms with van der Waals surface area (Å²) < 4.78 is 27.1. The van der Waals surface area contributed by atoms with Crippen molar-refractivity contribution in [3.63, 3.8) is 0 Å². The molecule has 1 N–H and O–H groups in total. The first kappa shape index (κ1) is 18.4. The topological polar surface area (TPSA) is 49.4 Å². The third kappa shape index (κ3) is 5.03. The summed E-state index contributed by atoms with van der Waals surface area (Å²) in [5.41, 5.74) is 1.21. The van der Waals surface area contributed by atoms with Crippen LogP contribution >= 0.6 is 0 Å². The molecule has 1 fully saturated rings. The van der Waals surface area contributed by atoms with Crippen LogP contribution in [-0.2, 0) is 16.4 Å². The second-order valence-corrected chi connectivity index (χ2v) is 8.92. The molecular weight excluding hydrogens is 308 g/mol. The number of sulfonamides is 1. The molecule has 1 aromatic carbocycles. The van der Waals surface area contributed by atoms with E-state index in [1.807, 2.05) is 19.2 Å². The molecule has 0 unspecified atom stereocenters. The largest absolute Gasteiger partial charge is 0.319 e. The minimum Gasteiger partial charge on any atom is -0.319 e. The highest BCUT2D eigenvalue weighted by Gasteiger charge is 2.28. The van der Waals surface area contributed by atoms with Crippen LogP contribution in [-0.4, -0.2) is 39.4 Å². The number of hydrogen-bond acceptors (Lipinski definition) is 3. The molecule has 1 aromatic rings. The Hall–Kier alpha value is -0.910. The van der Waals surface area contributed by atoms with E-state index in [-0.39, 0.29) is 0 Å². The maximum absolute atomic E-state index is 12.7. The summed E-state index contributed by atoms with van der Waals surface area (Å²) in [5.74, 6) is 1.25. The number of nitrogens with one attached hydrogen (secondary N) is 1. The van der Waals surface area contributed by atoms with E-state index in [1.54, 1.807) is 16.4 Å². The smallest absolute Gasteiger partial charge is 0.243 e. The summed E-state index contributed by atoms with van der Waals surface area (Å²) >= 11 is 0. The first-order valence-corrected chi connectivity index (χ1v) is 10.1. The lowest BCUT2D eigenvalue weighted by molar-refractivity contribution is 0.270. The fraction of sp³-hybridized carbons (Fsp3) is 0.667. The van der Waals surface area contributed by atoms with Crippen LogP contribution in [0.1, 0.15) is 38.7 Å². The Morgan fingerprint density at radius 1 is 1.17 bits per heavy atom. The minimum atomic E-state index is -3.34. The van der Waals surface area contributed by atoms with Gasteiger partial charge in [0.2, 0.25) is 10.0 Å². The summed E-state index contributed by atoms with van der Waals surface area (Å²) in [6.07, 6.45) is 4.01. The number of hydrogen-bond donors (Lipinski definition) is 1. The number of rotatable bonds is 7. The van der Waals surface area contributed by atoms with Gasteiger partial charge in [0.15, 0.2) is 0 Å². The molecule has 1 heterocycles. The summed E-state index contributed by atoms with van der Waals surface area (Å²) in [7, 11) is -1.39. The van der Waals surface area contributed by atoms with Gasteiger partial charge in [-0.05, 0) is 68.8 Å². The molecule has 130 valence electrons. The van der Waals surface area contributed by atoms with Crippen molar-refractivity contribution in [2.75, 3.05) is 26.7 Å². The van der Waals surface area contributed by atoms with Gasteiger partial charge in [0.05, 0.1) is 4.90 Å². The van der Waals surface area contributed by atoms with Crippen LogP contribution < -0.4 is 5.32 Å². The zero-order valence-corrected chi connectivity index (χ0v) is 15.4. The molecule has 0 atom stereocenters. The second-order valence-electron chi connectivity index (χ2n) is 6.98. The van der Waals surface area contributed by atoms with Gasteiger partial charge in [0.1, 0.15) is 0 Å². The van der Waals surface area contributed by atoms with E-state index in [1.165, 1.54) is 5.56 Å². The van der Waals surface area contributed by atoms with Crippen molar-refractivity contribution in [1.29, 1.82) is 0 Å². The van der Waals surface area contributed by atoms with Gasteiger partial charge in [-0.1, -0.05) is 26.0 Å². The highest BCUT2D eigenvalue weighted by Crippen LogP contribution is 2.24.